The maximum Gasteiger partial charge on any atom is 0.188 e. The van der Waals surface area contributed by atoms with Crippen molar-refractivity contribution in [2.45, 2.75) is 32.4 Å². The van der Waals surface area contributed by atoms with Crippen LogP contribution in [-0.2, 0) is 4.74 Å². The number of aliphatic imine (C=N–C) groups is 1. The molecular weight excluding hydrogens is 331 g/mol. The Kier molecular flexibility index (Phi) is 8.89. The molecule has 6 heteroatoms. The Morgan fingerprint density at radius 2 is 2.35 bits per heavy atom. The zero-order valence-electron chi connectivity index (χ0n) is 11.0. The van der Waals surface area contributed by atoms with Gasteiger partial charge in [-0.05, 0) is 20.4 Å². The van der Waals surface area contributed by atoms with Crippen molar-refractivity contribution in [1.82, 2.24) is 10.2 Å². The normalized spacial score (nSPS) is 23.9. The van der Waals surface area contributed by atoms with Crippen molar-refractivity contribution < 1.29 is 4.74 Å². The topological polar surface area (TPSA) is 62.9 Å². The lowest BCUT2D eigenvalue weighted by molar-refractivity contribution is -0.0136. The number of likely N-dealkylation sites (N-methyl/N-ethyl adjacent to an activating group) is 1. The third-order valence-electron chi connectivity index (χ3n) is 2.81. The van der Waals surface area contributed by atoms with Crippen molar-refractivity contribution >= 4 is 29.9 Å². The van der Waals surface area contributed by atoms with Gasteiger partial charge in [0.05, 0.1) is 19.3 Å². The van der Waals surface area contributed by atoms with Gasteiger partial charge in [0.2, 0.25) is 0 Å². The number of guanidine groups is 1. The summed E-state index contributed by atoms with van der Waals surface area (Å²) in [6.07, 6.45) is 1.22. The minimum Gasteiger partial charge on any atom is -0.374 e. The van der Waals surface area contributed by atoms with Crippen LogP contribution in [0, 0.1) is 0 Å². The molecule has 0 bridgehead atoms. The molecule has 1 aliphatic heterocycles. The summed E-state index contributed by atoms with van der Waals surface area (Å²) < 4.78 is 5.60. The molecule has 5 nitrogen and oxygen atoms in total. The largest absolute Gasteiger partial charge is 0.374 e. The van der Waals surface area contributed by atoms with Gasteiger partial charge in [-0.25, -0.2) is 0 Å². The van der Waals surface area contributed by atoms with Crippen LogP contribution in [0.15, 0.2) is 4.99 Å². The molecule has 102 valence electrons. The fraction of sp³-hybridized carbons (Fsp3) is 0.909. The van der Waals surface area contributed by atoms with Crippen molar-refractivity contribution in [3.8, 4) is 0 Å². The number of nitrogens with one attached hydrogen (secondary N) is 1. The average molecular weight is 356 g/mol. The summed E-state index contributed by atoms with van der Waals surface area (Å²) in [6, 6.07) is 0.374. The first-order chi connectivity index (χ1) is 7.61. The molecule has 1 rings (SSSR count). The third kappa shape index (κ3) is 7.05. The zero-order valence-corrected chi connectivity index (χ0v) is 13.3. The molecule has 17 heavy (non-hydrogen) atoms. The molecule has 1 saturated heterocycles. The zero-order chi connectivity index (χ0) is 12.0. The SMILES string of the molecule is CCC(C)NC(N)=NCC1CN(C)CCO1.I. The van der Waals surface area contributed by atoms with Crippen LogP contribution in [0.3, 0.4) is 0 Å². The number of halogens is 1. The Labute approximate surface area is 121 Å². The van der Waals surface area contributed by atoms with Gasteiger partial charge in [-0.1, -0.05) is 6.92 Å². The van der Waals surface area contributed by atoms with E-state index in [9.17, 15) is 0 Å². The van der Waals surface area contributed by atoms with Gasteiger partial charge >= 0.3 is 0 Å². The van der Waals surface area contributed by atoms with Crippen molar-refractivity contribution in [3.05, 3.63) is 0 Å². The Hall–Kier alpha value is -0.0800. The molecule has 2 atom stereocenters. The molecular formula is C11H25IN4O. The third-order valence-corrected chi connectivity index (χ3v) is 2.81. The first-order valence-corrected chi connectivity index (χ1v) is 5.98. The number of nitrogens with two attached hydrogens (primary N) is 1. The van der Waals surface area contributed by atoms with Crippen LogP contribution in [0.4, 0.5) is 0 Å². The van der Waals surface area contributed by atoms with Crippen LogP contribution in [0.1, 0.15) is 20.3 Å². The molecule has 1 heterocycles. The number of morpholine rings is 1. The molecule has 1 fully saturated rings. The van der Waals surface area contributed by atoms with Crippen molar-refractivity contribution in [1.29, 1.82) is 0 Å². The predicted molar refractivity (Wildman–Crippen MR) is 82.0 cm³/mol. The highest BCUT2D eigenvalue weighted by atomic mass is 127. The summed E-state index contributed by atoms with van der Waals surface area (Å²) >= 11 is 0. The Balaban J connectivity index is 0.00000256. The van der Waals surface area contributed by atoms with E-state index in [0.29, 0.717) is 18.5 Å². The van der Waals surface area contributed by atoms with Gasteiger partial charge in [0.1, 0.15) is 0 Å². The van der Waals surface area contributed by atoms with Gasteiger partial charge in [0.15, 0.2) is 5.96 Å². The monoisotopic (exact) mass is 356 g/mol. The van der Waals surface area contributed by atoms with Crippen LogP contribution in [0.2, 0.25) is 0 Å². The molecule has 0 aliphatic carbocycles. The van der Waals surface area contributed by atoms with Gasteiger partial charge in [-0.3, -0.25) is 4.99 Å². The molecule has 0 aromatic carbocycles. The Morgan fingerprint density at radius 3 is 2.94 bits per heavy atom. The van der Waals surface area contributed by atoms with Gasteiger partial charge in [-0.2, -0.15) is 0 Å². The summed E-state index contributed by atoms with van der Waals surface area (Å²) in [5.74, 6) is 0.520. The second kappa shape index (κ2) is 8.93. The van der Waals surface area contributed by atoms with Gasteiger partial charge < -0.3 is 20.7 Å². The molecule has 0 aromatic rings. The number of nitrogens with zero attached hydrogens (tertiary/aromatic N) is 2. The van der Waals surface area contributed by atoms with E-state index in [0.717, 1.165) is 26.1 Å². The summed E-state index contributed by atoms with van der Waals surface area (Å²) in [7, 11) is 2.10. The second-order valence-electron chi connectivity index (χ2n) is 4.43. The van der Waals surface area contributed by atoms with E-state index in [-0.39, 0.29) is 30.1 Å². The van der Waals surface area contributed by atoms with Gasteiger partial charge in [0, 0.05) is 19.1 Å². The maximum absolute atomic E-state index is 5.77. The van der Waals surface area contributed by atoms with Crippen LogP contribution >= 0.6 is 24.0 Å². The smallest absolute Gasteiger partial charge is 0.188 e. The Bertz CT molecular complexity index is 238. The Morgan fingerprint density at radius 1 is 1.65 bits per heavy atom. The average Bonchev–Trinajstić information content (AvgIpc) is 2.26. The highest BCUT2D eigenvalue weighted by Crippen LogP contribution is 2.02. The first kappa shape index (κ1) is 16.9. The van der Waals surface area contributed by atoms with Crippen LogP contribution in [0.25, 0.3) is 0 Å². The molecule has 2 unspecified atom stereocenters. The van der Waals surface area contributed by atoms with E-state index in [4.69, 9.17) is 10.5 Å². The highest BCUT2D eigenvalue weighted by molar-refractivity contribution is 14.0. The second-order valence-corrected chi connectivity index (χ2v) is 4.43. The fourth-order valence-corrected chi connectivity index (χ4v) is 1.58. The minimum absolute atomic E-state index is 0. The lowest BCUT2D eigenvalue weighted by Gasteiger charge is -2.29. The molecule has 1 aliphatic rings. The van der Waals surface area contributed by atoms with E-state index in [2.05, 4.69) is 36.1 Å². The summed E-state index contributed by atoms with van der Waals surface area (Å²) in [6.45, 7) is 7.56. The molecule has 0 amide bonds. The maximum atomic E-state index is 5.77. The van der Waals surface area contributed by atoms with Crippen molar-refractivity contribution in [3.63, 3.8) is 0 Å². The quantitative estimate of drug-likeness (QED) is 0.441. The van der Waals surface area contributed by atoms with Crippen LogP contribution < -0.4 is 11.1 Å². The van der Waals surface area contributed by atoms with E-state index < -0.39 is 0 Å². The predicted octanol–water partition coefficient (Wildman–Crippen LogP) is 0.638. The molecule has 3 N–H and O–H groups in total. The van der Waals surface area contributed by atoms with Crippen molar-refractivity contribution in [2.75, 3.05) is 33.3 Å². The fourth-order valence-electron chi connectivity index (χ4n) is 1.58. The summed E-state index contributed by atoms with van der Waals surface area (Å²) in [5, 5.41) is 3.14. The number of hydrogen-bond acceptors (Lipinski definition) is 3. The number of ether oxygens (including phenoxy) is 1. The van der Waals surface area contributed by atoms with Gasteiger partial charge in [-0.15, -0.1) is 24.0 Å². The van der Waals surface area contributed by atoms with E-state index in [1.807, 2.05) is 0 Å². The first-order valence-electron chi connectivity index (χ1n) is 5.98. The minimum atomic E-state index is 0. The molecule has 0 radical (unpaired) electrons. The molecule has 0 spiro atoms. The van der Waals surface area contributed by atoms with Crippen LogP contribution in [0.5, 0.6) is 0 Å². The van der Waals surface area contributed by atoms with E-state index in [1.165, 1.54) is 0 Å². The van der Waals surface area contributed by atoms with E-state index >= 15 is 0 Å². The highest BCUT2D eigenvalue weighted by Gasteiger charge is 2.16. The van der Waals surface area contributed by atoms with Crippen molar-refractivity contribution in [2.24, 2.45) is 10.7 Å². The van der Waals surface area contributed by atoms with Gasteiger partial charge in [0.25, 0.3) is 0 Å². The standard InChI is InChI=1S/C11H24N4O.HI/c1-4-9(2)14-11(12)13-7-10-8-15(3)5-6-16-10;/h9-10H,4-8H2,1-3H3,(H3,12,13,14);1H. The van der Waals surface area contributed by atoms with Crippen LogP contribution in [-0.4, -0.2) is 56.3 Å². The summed E-state index contributed by atoms with van der Waals surface area (Å²) in [4.78, 5) is 6.55. The van der Waals surface area contributed by atoms with E-state index in [1.54, 1.807) is 0 Å². The summed E-state index contributed by atoms with van der Waals surface area (Å²) in [5.41, 5.74) is 5.77. The lowest BCUT2D eigenvalue weighted by atomic mass is 10.3. The number of rotatable bonds is 4. The number of hydrogen-bond donors (Lipinski definition) is 2. The lowest BCUT2D eigenvalue weighted by Crippen LogP contribution is -2.43. The molecule has 0 aromatic heterocycles. The molecule has 0 saturated carbocycles.